The van der Waals surface area contributed by atoms with Crippen LogP contribution in [-0.2, 0) is 14.3 Å². The van der Waals surface area contributed by atoms with Gasteiger partial charge in [0.05, 0.1) is 6.61 Å². The van der Waals surface area contributed by atoms with Crippen molar-refractivity contribution in [1.82, 2.24) is 0 Å². The fourth-order valence-corrected chi connectivity index (χ4v) is 2.16. The normalized spacial score (nSPS) is 12.2. The maximum Gasteiger partial charge on any atom is 0.513 e. The van der Waals surface area contributed by atoms with Crippen molar-refractivity contribution in [2.24, 2.45) is 5.73 Å². The van der Waals surface area contributed by atoms with Gasteiger partial charge in [-0.3, -0.25) is 4.79 Å². The van der Waals surface area contributed by atoms with Gasteiger partial charge in [0.25, 0.3) is 0 Å². The molecule has 1 atom stereocenters. The molecule has 1 aromatic rings. The molecule has 0 unspecified atom stereocenters. The van der Waals surface area contributed by atoms with Crippen molar-refractivity contribution in [1.29, 1.82) is 0 Å². The molecule has 0 aliphatic carbocycles. The van der Waals surface area contributed by atoms with Crippen molar-refractivity contribution in [2.75, 3.05) is 19.8 Å². The first-order valence-electron chi connectivity index (χ1n) is 8.28. The number of hydrogen-bond donors (Lipinski definition) is 2. The second kappa shape index (κ2) is 10.0. The lowest BCUT2D eigenvalue weighted by molar-refractivity contribution is -0.147. The fraction of sp³-hybridized carbons (Fsp3) is 0.556. The van der Waals surface area contributed by atoms with Crippen LogP contribution in [0.1, 0.15) is 50.7 Å². The van der Waals surface area contributed by atoms with Gasteiger partial charge in [0.15, 0.2) is 0 Å². The summed E-state index contributed by atoms with van der Waals surface area (Å²) in [5.41, 5.74) is 7.13. The topological polar surface area (TPSA) is 108 Å². The third-order valence-corrected chi connectivity index (χ3v) is 3.55. The Kier molecular flexibility index (Phi) is 8.37. The second-order valence-electron chi connectivity index (χ2n) is 6.23. The van der Waals surface area contributed by atoms with Crippen molar-refractivity contribution in [2.45, 2.75) is 45.6 Å². The van der Waals surface area contributed by atoms with Crippen molar-refractivity contribution < 1.29 is 28.9 Å². The number of carbonyl (C=O) groups excluding carboxylic acids is 2. The van der Waals surface area contributed by atoms with Crippen LogP contribution in [0.4, 0.5) is 4.79 Å². The van der Waals surface area contributed by atoms with E-state index in [1.807, 2.05) is 45.9 Å². The van der Waals surface area contributed by atoms with Crippen LogP contribution < -0.4 is 10.5 Å². The zero-order chi connectivity index (χ0) is 19.0. The first-order chi connectivity index (χ1) is 11.8. The van der Waals surface area contributed by atoms with E-state index in [9.17, 15) is 9.59 Å². The Labute approximate surface area is 148 Å². The monoisotopic (exact) mass is 353 g/mol. The number of ether oxygens (including phenoxy) is 3. The van der Waals surface area contributed by atoms with E-state index in [1.54, 1.807) is 0 Å². The van der Waals surface area contributed by atoms with Gasteiger partial charge < -0.3 is 25.1 Å². The van der Waals surface area contributed by atoms with Crippen molar-refractivity contribution in [3.05, 3.63) is 29.3 Å². The number of aliphatic hydroxyl groups excluding tert-OH is 1. The lowest BCUT2D eigenvalue weighted by Crippen LogP contribution is -2.36. The third-order valence-electron chi connectivity index (χ3n) is 3.55. The Morgan fingerprint density at radius 1 is 1.04 bits per heavy atom. The van der Waals surface area contributed by atoms with Crippen LogP contribution >= 0.6 is 0 Å². The minimum Gasteiger partial charge on any atom is -0.461 e. The molecular weight excluding hydrogens is 326 g/mol. The molecule has 3 N–H and O–H groups in total. The SMILES string of the molecule is CC(C)c1cccc(C(C)C)c1OC(=O)OCCOC(=O)[C@@H](N)CO. The standard InChI is InChI=1S/C18H27NO6/c1-11(2)13-6-5-7-14(12(3)4)16(13)25-18(22)24-9-8-23-17(21)15(19)10-20/h5-7,11-12,15,20H,8-10,19H2,1-4H3/t15-/m0/s1. The molecule has 0 aromatic heterocycles. The van der Waals surface area contributed by atoms with Gasteiger partial charge in [0, 0.05) is 0 Å². The molecule has 0 bridgehead atoms. The summed E-state index contributed by atoms with van der Waals surface area (Å²) >= 11 is 0. The van der Waals surface area contributed by atoms with Crippen LogP contribution in [0.25, 0.3) is 0 Å². The van der Waals surface area contributed by atoms with E-state index in [1.165, 1.54) is 0 Å². The summed E-state index contributed by atoms with van der Waals surface area (Å²) in [4.78, 5) is 23.2. The minimum absolute atomic E-state index is 0.162. The maximum absolute atomic E-state index is 11.9. The van der Waals surface area contributed by atoms with E-state index >= 15 is 0 Å². The number of aliphatic hydroxyl groups is 1. The van der Waals surface area contributed by atoms with Crippen LogP contribution in [0.15, 0.2) is 18.2 Å². The Morgan fingerprint density at radius 3 is 2.04 bits per heavy atom. The van der Waals surface area contributed by atoms with E-state index in [-0.39, 0.29) is 25.0 Å². The van der Waals surface area contributed by atoms with Crippen LogP contribution in [-0.4, -0.2) is 43.1 Å². The molecule has 0 radical (unpaired) electrons. The molecular formula is C18H27NO6. The highest BCUT2D eigenvalue weighted by molar-refractivity contribution is 5.75. The van der Waals surface area contributed by atoms with Gasteiger partial charge in [-0.2, -0.15) is 0 Å². The number of nitrogens with two attached hydrogens (primary N) is 1. The number of para-hydroxylation sites is 1. The molecule has 0 saturated carbocycles. The summed E-state index contributed by atoms with van der Waals surface area (Å²) in [6, 6.07) is 4.67. The van der Waals surface area contributed by atoms with Crippen LogP contribution in [0.5, 0.6) is 5.75 Å². The van der Waals surface area contributed by atoms with E-state index in [2.05, 4.69) is 0 Å². The van der Waals surface area contributed by atoms with E-state index in [0.717, 1.165) is 11.1 Å². The second-order valence-corrected chi connectivity index (χ2v) is 6.23. The Hall–Kier alpha value is -2.12. The quantitative estimate of drug-likeness (QED) is 0.419. The average Bonchev–Trinajstić information content (AvgIpc) is 2.57. The zero-order valence-electron chi connectivity index (χ0n) is 15.2. The van der Waals surface area contributed by atoms with Gasteiger partial charge in [-0.05, 0) is 23.0 Å². The van der Waals surface area contributed by atoms with Crippen LogP contribution in [0, 0.1) is 0 Å². The summed E-state index contributed by atoms with van der Waals surface area (Å²) in [6.45, 7) is 7.23. The van der Waals surface area contributed by atoms with Gasteiger partial charge in [-0.1, -0.05) is 45.9 Å². The Bertz CT molecular complexity index is 559. The van der Waals surface area contributed by atoms with Crippen LogP contribution in [0.2, 0.25) is 0 Å². The molecule has 1 rings (SSSR count). The summed E-state index contributed by atoms with van der Waals surface area (Å²) in [6.07, 6.45) is -0.863. The number of esters is 1. The first kappa shape index (κ1) is 20.9. The molecule has 0 fully saturated rings. The molecule has 7 heteroatoms. The summed E-state index contributed by atoms with van der Waals surface area (Å²) in [5, 5.41) is 8.72. The predicted octanol–water partition coefficient (Wildman–Crippen LogP) is 2.31. The predicted molar refractivity (Wildman–Crippen MR) is 92.6 cm³/mol. The smallest absolute Gasteiger partial charge is 0.461 e. The van der Waals surface area contributed by atoms with Gasteiger partial charge in [-0.15, -0.1) is 0 Å². The van der Waals surface area contributed by atoms with E-state index < -0.39 is 24.8 Å². The number of hydrogen-bond acceptors (Lipinski definition) is 7. The minimum atomic E-state index is -1.10. The maximum atomic E-state index is 11.9. The summed E-state index contributed by atoms with van der Waals surface area (Å²) < 4.78 is 15.1. The molecule has 0 aliphatic rings. The number of benzene rings is 1. The zero-order valence-corrected chi connectivity index (χ0v) is 15.2. The lowest BCUT2D eigenvalue weighted by atomic mass is 9.94. The highest BCUT2D eigenvalue weighted by atomic mass is 16.7. The Morgan fingerprint density at radius 2 is 1.56 bits per heavy atom. The van der Waals surface area contributed by atoms with Gasteiger partial charge >= 0.3 is 12.1 Å². The fourth-order valence-electron chi connectivity index (χ4n) is 2.16. The van der Waals surface area contributed by atoms with Crippen molar-refractivity contribution in [3.8, 4) is 5.75 Å². The summed E-state index contributed by atoms with van der Waals surface area (Å²) in [7, 11) is 0. The molecule has 25 heavy (non-hydrogen) atoms. The van der Waals surface area contributed by atoms with E-state index in [4.69, 9.17) is 25.1 Å². The van der Waals surface area contributed by atoms with Gasteiger partial charge in [0.1, 0.15) is 25.0 Å². The summed E-state index contributed by atoms with van der Waals surface area (Å²) in [5.74, 6) is 0.119. The molecule has 0 amide bonds. The number of carbonyl (C=O) groups is 2. The van der Waals surface area contributed by atoms with Crippen molar-refractivity contribution in [3.63, 3.8) is 0 Å². The molecule has 7 nitrogen and oxygen atoms in total. The van der Waals surface area contributed by atoms with E-state index in [0.29, 0.717) is 5.75 Å². The third kappa shape index (κ3) is 6.36. The molecule has 0 aliphatic heterocycles. The molecule has 1 aromatic carbocycles. The van der Waals surface area contributed by atoms with Crippen molar-refractivity contribution >= 4 is 12.1 Å². The lowest BCUT2D eigenvalue weighted by Gasteiger charge is -2.18. The molecule has 140 valence electrons. The Balaban J connectivity index is 2.64. The molecule has 0 spiro atoms. The van der Waals surface area contributed by atoms with Crippen LogP contribution in [0.3, 0.4) is 0 Å². The number of rotatable bonds is 8. The van der Waals surface area contributed by atoms with Gasteiger partial charge in [0.2, 0.25) is 0 Å². The average molecular weight is 353 g/mol. The van der Waals surface area contributed by atoms with Gasteiger partial charge in [-0.25, -0.2) is 4.79 Å². The molecule has 0 saturated heterocycles. The highest BCUT2D eigenvalue weighted by Gasteiger charge is 2.19. The largest absolute Gasteiger partial charge is 0.513 e. The highest BCUT2D eigenvalue weighted by Crippen LogP contribution is 2.34. The first-order valence-corrected chi connectivity index (χ1v) is 8.28. The molecule has 0 heterocycles.